The summed E-state index contributed by atoms with van der Waals surface area (Å²) in [7, 11) is -3.06. The average Bonchev–Trinajstić information content (AvgIpc) is 2.83. The van der Waals surface area contributed by atoms with Crippen LogP contribution in [-0.2, 0) is 22.9 Å². The van der Waals surface area contributed by atoms with E-state index in [0.29, 0.717) is 24.9 Å². The first-order valence-corrected chi connectivity index (χ1v) is 10.3. The minimum atomic E-state index is -3.06. The fourth-order valence-corrected chi connectivity index (χ4v) is 5.31. The van der Waals surface area contributed by atoms with Gasteiger partial charge in [-0.15, -0.1) is 0 Å². The number of nitrogens with one attached hydrogen (secondary N) is 1. The zero-order valence-corrected chi connectivity index (χ0v) is 14.5. The molecule has 1 fully saturated rings. The van der Waals surface area contributed by atoms with Crippen LogP contribution in [0.4, 0.5) is 0 Å². The Balaban J connectivity index is 2.07. The van der Waals surface area contributed by atoms with E-state index in [1.54, 1.807) is 18.0 Å². The third kappa shape index (κ3) is 4.74. The molecule has 0 aliphatic carbocycles. The maximum Gasteiger partial charge on any atom is 0.164 e. The van der Waals surface area contributed by atoms with E-state index in [0.717, 1.165) is 23.6 Å². The van der Waals surface area contributed by atoms with E-state index in [-0.39, 0.29) is 0 Å². The molecule has 120 valence electrons. The van der Waals surface area contributed by atoms with Crippen molar-refractivity contribution in [3.05, 3.63) is 23.7 Å². The Labute approximate surface area is 131 Å². The molecule has 1 saturated heterocycles. The molecule has 21 heavy (non-hydrogen) atoms. The predicted molar refractivity (Wildman–Crippen MR) is 87.1 cm³/mol. The van der Waals surface area contributed by atoms with Crippen LogP contribution in [0.1, 0.15) is 25.2 Å². The molecule has 2 rings (SSSR count). The van der Waals surface area contributed by atoms with Gasteiger partial charge in [-0.1, -0.05) is 13.8 Å². The van der Waals surface area contributed by atoms with Gasteiger partial charge in [-0.25, -0.2) is 8.42 Å². The Bertz CT molecular complexity index is 554. The summed E-state index contributed by atoms with van der Waals surface area (Å²) in [6.45, 7) is 6.27. The minimum Gasteiger partial charge on any atom is -0.468 e. The van der Waals surface area contributed by atoms with Gasteiger partial charge in [0.05, 0.1) is 12.8 Å². The van der Waals surface area contributed by atoms with Gasteiger partial charge in [0.15, 0.2) is 9.84 Å². The number of sulfone groups is 1. The first-order valence-electron chi connectivity index (χ1n) is 7.17. The molecule has 1 atom stereocenters. The van der Waals surface area contributed by atoms with Crippen molar-refractivity contribution >= 4 is 21.6 Å². The molecule has 1 aliphatic heterocycles. The Morgan fingerprint density at radius 3 is 2.95 bits per heavy atom. The van der Waals surface area contributed by atoms with E-state index >= 15 is 0 Å². The summed E-state index contributed by atoms with van der Waals surface area (Å²) in [5.74, 6) is 2.52. The van der Waals surface area contributed by atoms with Crippen molar-refractivity contribution in [1.82, 2.24) is 10.2 Å². The molecule has 0 bridgehead atoms. The largest absolute Gasteiger partial charge is 0.468 e. The van der Waals surface area contributed by atoms with Crippen LogP contribution in [0, 0.1) is 0 Å². The summed E-state index contributed by atoms with van der Waals surface area (Å²) in [4.78, 5) is 2.05. The molecule has 1 aromatic heterocycles. The Hall–Kier alpha value is -0.500. The van der Waals surface area contributed by atoms with E-state index < -0.39 is 15.2 Å². The second kappa shape index (κ2) is 7.17. The van der Waals surface area contributed by atoms with Gasteiger partial charge in [0.25, 0.3) is 0 Å². The first kappa shape index (κ1) is 16.9. The fourth-order valence-electron chi connectivity index (χ4n) is 2.37. The van der Waals surface area contributed by atoms with Gasteiger partial charge in [0, 0.05) is 42.5 Å². The molecule has 0 spiro atoms. The number of hydrogen-bond donors (Lipinski definition) is 1. The van der Waals surface area contributed by atoms with Crippen LogP contribution in [0.15, 0.2) is 16.7 Å². The maximum absolute atomic E-state index is 11.9. The van der Waals surface area contributed by atoms with Crippen molar-refractivity contribution in [2.75, 3.05) is 24.3 Å². The summed E-state index contributed by atoms with van der Waals surface area (Å²) < 4.78 is 29.4. The minimum absolute atomic E-state index is 0.387. The number of hydrogen-bond acceptors (Lipinski definition) is 6. The lowest BCUT2D eigenvalue weighted by atomic mass is 10.2. The lowest BCUT2D eigenvalue weighted by molar-refractivity contribution is 0.259. The zero-order chi connectivity index (χ0) is 15.5. The molecule has 0 radical (unpaired) electrons. The molecule has 1 N–H and O–H groups in total. The van der Waals surface area contributed by atoms with Crippen molar-refractivity contribution in [3.8, 4) is 0 Å². The van der Waals surface area contributed by atoms with Gasteiger partial charge >= 0.3 is 0 Å². The molecule has 7 heteroatoms. The topological polar surface area (TPSA) is 62.6 Å². The smallest absolute Gasteiger partial charge is 0.164 e. The van der Waals surface area contributed by atoms with Crippen molar-refractivity contribution < 1.29 is 12.8 Å². The molecule has 1 aliphatic rings. The van der Waals surface area contributed by atoms with Crippen LogP contribution in [0.5, 0.6) is 0 Å². The highest BCUT2D eigenvalue weighted by atomic mass is 32.2. The summed E-state index contributed by atoms with van der Waals surface area (Å²) in [5, 5.41) is 2.94. The first-order chi connectivity index (χ1) is 9.88. The molecule has 2 heterocycles. The second-order valence-corrected chi connectivity index (χ2v) is 9.09. The van der Waals surface area contributed by atoms with Gasteiger partial charge in [0.2, 0.25) is 0 Å². The normalized spacial score (nSPS) is 21.0. The highest BCUT2D eigenvalue weighted by Crippen LogP contribution is 2.24. The van der Waals surface area contributed by atoms with Gasteiger partial charge in [-0.05, 0) is 6.07 Å². The number of nitrogens with zero attached hydrogens (tertiary/aromatic N) is 1. The van der Waals surface area contributed by atoms with E-state index in [2.05, 4.69) is 24.1 Å². The van der Waals surface area contributed by atoms with Crippen LogP contribution in [0.3, 0.4) is 0 Å². The quantitative estimate of drug-likeness (QED) is 0.855. The second-order valence-electron chi connectivity index (χ2n) is 5.73. The van der Waals surface area contributed by atoms with Gasteiger partial charge < -0.3 is 9.73 Å². The van der Waals surface area contributed by atoms with E-state index in [1.165, 1.54) is 6.26 Å². The van der Waals surface area contributed by atoms with Gasteiger partial charge in [0.1, 0.15) is 11.1 Å². The van der Waals surface area contributed by atoms with Crippen molar-refractivity contribution in [1.29, 1.82) is 0 Å². The molecule has 0 saturated carbocycles. The molecule has 1 aromatic rings. The summed E-state index contributed by atoms with van der Waals surface area (Å²) in [6, 6.07) is 2.33. The summed E-state index contributed by atoms with van der Waals surface area (Å²) in [6.07, 6.45) is 3.01. The Morgan fingerprint density at radius 1 is 1.52 bits per heavy atom. The highest BCUT2D eigenvalue weighted by Gasteiger charge is 2.31. The lowest BCUT2D eigenvalue weighted by Gasteiger charge is -2.33. The molecule has 5 nitrogen and oxygen atoms in total. The van der Waals surface area contributed by atoms with Gasteiger partial charge in [-0.2, -0.15) is 11.8 Å². The van der Waals surface area contributed by atoms with Crippen molar-refractivity contribution in [2.24, 2.45) is 0 Å². The predicted octanol–water partition coefficient (Wildman–Crippen LogP) is 1.70. The summed E-state index contributed by atoms with van der Waals surface area (Å²) >= 11 is 1.71. The Morgan fingerprint density at radius 2 is 2.29 bits per heavy atom. The summed E-state index contributed by atoms with van der Waals surface area (Å²) in [5.41, 5.74) is 1.07. The lowest BCUT2D eigenvalue weighted by Crippen LogP contribution is -2.46. The standard InChI is InChI=1S/C14H24N2O3S2/c1-11(2)15-8-13-12(4-6-19-13)9-16-5-7-20-10-14(16)21(3,17)18/h4,6,11,14-15H,5,7-10H2,1-3H3. The maximum atomic E-state index is 11.9. The Kier molecular flexibility index (Phi) is 5.76. The van der Waals surface area contributed by atoms with Crippen LogP contribution in [0.2, 0.25) is 0 Å². The number of furan rings is 1. The van der Waals surface area contributed by atoms with Crippen LogP contribution in [0.25, 0.3) is 0 Å². The number of rotatable bonds is 6. The van der Waals surface area contributed by atoms with Gasteiger partial charge in [-0.3, -0.25) is 4.90 Å². The highest BCUT2D eigenvalue weighted by molar-refractivity contribution is 8.00. The van der Waals surface area contributed by atoms with E-state index in [4.69, 9.17) is 4.42 Å². The SMILES string of the molecule is CC(C)NCc1occc1CN1CCSCC1S(C)(=O)=O. The zero-order valence-electron chi connectivity index (χ0n) is 12.8. The monoisotopic (exact) mass is 332 g/mol. The van der Waals surface area contributed by atoms with E-state index in [1.807, 2.05) is 6.07 Å². The van der Waals surface area contributed by atoms with Crippen molar-refractivity contribution in [2.45, 2.75) is 38.4 Å². The average molecular weight is 332 g/mol. The fraction of sp³-hybridized carbons (Fsp3) is 0.714. The molecule has 1 unspecified atom stereocenters. The molecule has 0 amide bonds. The molecular weight excluding hydrogens is 308 g/mol. The third-order valence-electron chi connectivity index (χ3n) is 3.57. The molecular formula is C14H24N2O3S2. The third-order valence-corrected chi connectivity index (χ3v) is 6.25. The van der Waals surface area contributed by atoms with Crippen LogP contribution < -0.4 is 5.32 Å². The van der Waals surface area contributed by atoms with Crippen LogP contribution in [-0.4, -0.2) is 49.0 Å². The van der Waals surface area contributed by atoms with E-state index in [9.17, 15) is 8.42 Å². The number of thioether (sulfide) groups is 1. The van der Waals surface area contributed by atoms with Crippen molar-refractivity contribution in [3.63, 3.8) is 0 Å². The molecule has 0 aromatic carbocycles. The van der Waals surface area contributed by atoms with Crippen LogP contribution >= 0.6 is 11.8 Å².